The van der Waals surface area contributed by atoms with Crippen LogP contribution in [0.4, 0.5) is 0 Å². The summed E-state index contributed by atoms with van der Waals surface area (Å²) >= 11 is 0. The topological polar surface area (TPSA) is 41.5 Å². The van der Waals surface area contributed by atoms with Crippen LogP contribution in [0, 0.1) is 0 Å². The maximum Gasteiger partial charge on any atom is 0.217 e. The molecule has 0 radical (unpaired) electrons. The van der Waals surface area contributed by atoms with Crippen LogP contribution in [0.3, 0.4) is 0 Å². The first-order valence-electron chi connectivity index (χ1n) is 14.4. The number of nitrogens with zero attached hydrogens (tertiary/aromatic N) is 2. The lowest BCUT2D eigenvalue weighted by Crippen LogP contribution is -2.55. The van der Waals surface area contributed by atoms with Gasteiger partial charge < -0.3 is 5.32 Å². The summed E-state index contributed by atoms with van der Waals surface area (Å²) in [4.78, 5) is 16.0. The number of amides is 1. The Bertz CT molecular complexity index is 531. The molecule has 0 spiro atoms. The largest absolute Gasteiger partial charge is 0.351 e. The molecule has 1 N–H and O–H groups in total. The van der Waals surface area contributed by atoms with Gasteiger partial charge in [0.05, 0.1) is 25.8 Å². The number of aliphatic imine (C=N–C) groups is 1. The molecule has 0 fully saturated rings. The number of allylic oxidation sites excluding steroid dienone is 2. The van der Waals surface area contributed by atoms with Gasteiger partial charge in [-0.15, -0.1) is 0 Å². The Morgan fingerprint density at radius 2 is 1.42 bits per heavy atom. The average molecular weight is 463 g/mol. The van der Waals surface area contributed by atoms with E-state index in [9.17, 15) is 4.79 Å². The number of unbranched alkanes of at least 4 members (excludes halogenated alkanes) is 14. The van der Waals surface area contributed by atoms with Crippen LogP contribution in [0.2, 0.25) is 0 Å². The van der Waals surface area contributed by atoms with Crippen molar-refractivity contribution in [3.05, 3.63) is 12.2 Å². The minimum atomic E-state index is 0.0717. The second kappa shape index (κ2) is 20.2. The molecule has 4 nitrogen and oxygen atoms in total. The summed E-state index contributed by atoms with van der Waals surface area (Å²) in [6.07, 6.45) is 30.5. The Morgan fingerprint density at radius 3 is 1.94 bits per heavy atom. The number of carbonyl (C=O) groups is 1. The third-order valence-electron chi connectivity index (χ3n) is 7.40. The Hall–Kier alpha value is -1.16. The average Bonchev–Trinajstić information content (AvgIpc) is 3.21. The van der Waals surface area contributed by atoms with Gasteiger partial charge in [0.2, 0.25) is 5.91 Å². The molecule has 2 atom stereocenters. The number of hydrogen-bond acceptors (Lipinski definition) is 2. The lowest BCUT2D eigenvalue weighted by atomic mass is 10.0. The molecule has 1 rings (SSSR count). The zero-order chi connectivity index (χ0) is 24.0. The van der Waals surface area contributed by atoms with E-state index >= 15 is 0 Å². The van der Waals surface area contributed by atoms with E-state index in [1.54, 1.807) is 6.92 Å². The highest BCUT2D eigenvalue weighted by atomic mass is 16.1. The predicted molar refractivity (Wildman–Crippen MR) is 145 cm³/mol. The molecule has 0 aliphatic carbocycles. The molecule has 4 heteroatoms. The maximum absolute atomic E-state index is 11.2. The molecular formula is C29H56N3O+. The number of nitrogens with one attached hydrogen (secondary N) is 1. The first-order chi connectivity index (χ1) is 16.1. The minimum Gasteiger partial charge on any atom is -0.351 e. The van der Waals surface area contributed by atoms with E-state index in [4.69, 9.17) is 4.99 Å². The summed E-state index contributed by atoms with van der Waals surface area (Å²) in [6, 6.07) is 0. The Labute approximate surface area is 206 Å². The molecule has 1 heterocycles. The lowest BCUT2D eigenvalue weighted by molar-refractivity contribution is -0.935. The van der Waals surface area contributed by atoms with Crippen molar-refractivity contribution in [1.82, 2.24) is 5.32 Å². The zero-order valence-corrected chi connectivity index (χ0v) is 22.5. The smallest absolute Gasteiger partial charge is 0.217 e. The molecule has 0 aromatic carbocycles. The summed E-state index contributed by atoms with van der Waals surface area (Å²) in [6.45, 7) is 9.96. The molecule has 0 saturated carbocycles. The summed E-state index contributed by atoms with van der Waals surface area (Å²) < 4.78 is 1.02. The number of hydrogen-bond donors (Lipinski definition) is 1. The summed E-state index contributed by atoms with van der Waals surface area (Å²) in [5.74, 6) is 0.0717. The Balaban J connectivity index is 1.91. The van der Waals surface area contributed by atoms with Crippen molar-refractivity contribution in [2.45, 2.75) is 136 Å². The number of quaternary nitrogens is 1. The van der Waals surface area contributed by atoms with Crippen LogP contribution < -0.4 is 5.32 Å². The van der Waals surface area contributed by atoms with Crippen molar-refractivity contribution >= 4 is 12.1 Å². The molecule has 2 unspecified atom stereocenters. The highest BCUT2D eigenvalue weighted by molar-refractivity contribution is 5.72. The third kappa shape index (κ3) is 14.7. The molecule has 1 aliphatic heterocycles. The normalized spacial score (nSPS) is 20.2. The zero-order valence-electron chi connectivity index (χ0n) is 22.5. The van der Waals surface area contributed by atoms with E-state index in [0.717, 1.165) is 30.7 Å². The summed E-state index contributed by atoms with van der Waals surface area (Å²) in [5, 5.41) is 2.97. The van der Waals surface area contributed by atoms with Crippen molar-refractivity contribution < 1.29 is 9.28 Å². The minimum absolute atomic E-state index is 0.0717. The third-order valence-corrected chi connectivity index (χ3v) is 7.40. The van der Waals surface area contributed by atoms with Crippen LogP contribution in [0.1, 0.15) is 130 Å². The first kappa shape index (κ1) is 29.9. The Kier molecular flexibility index (Phi) is 18.3. The SMILES string of the molecule is CC/C=C/CCCCCCCCCCCCCCCCC1N=CC[N+]1(CC)CCNC(C)=O. The molecule has 1 aliphatic rings. The van der Waals surface area contributed by atoms with Gasteiger partial charge in [0.25, 0.3) is 0 Å². The first-order valence-corrected chi connectivity index (χ1v) is 14.4. The van der Waals surface area contributed by atoms with Crippen molar-refractivity contribution in [2.75, 3.05) is 26.2 Å². The number of carbonyl (C=O) groups excluding carboxylic acids is 1. The van der Waals surface area contributed by atoms with E-state index in [2.05, 4.69) is 37.5 Å². The van der Waals surface area contributed by atoms with Gasteiger partial charge >= 0.3 is 0 Å². The molecule has 0 aromatic heterocycles. The van der Waals surface area contributed by atoms with E-state index in [1.807, 2.05) is 0 Å². The summed E-state index contributed by atoms with van der Waals surface area (Å²) in [7, 11) is 0. The number of rotatable bonds is 22. The van der Waals surface area contributed by atoms with Crippen molar-refractivity contribution in [1.29, 1.82) is 0 Å². The van der Waals surface area contributed by atoms with Crippen LogP contribution in [0.5, 0.6) is 0 Å². The van der Waals surface area contributed by atoms with Gasteiger partial charge in [-0.2, -0.15) is 0 Å². The molecule has 192 valence electrons. The van der Waals surface area contributed by atoms with Crippen LogP contribution in [0.15, 0.2) is 17.1 Å². The van der Waals surface area contributed by atoms with Gasteiger partial charge in [-0.1, -0.05) is 96.1 Å². The van der Waals surface area contributed by atoms with Gasteiger partial charge in [-0.25, -0.2) is 4.99 Å². The second-order valence-corrected chi connectivity index (χ2v) is 10.1. The maximum atomic E-state index is 11.2. The molecule has 0 bridgehead atoms. The Morgan fingerprint density at radius 1 is 0.879 bits per heavy atom. The van der Waals surface area contributed by atoms with E-state index in [0.29, 0.717) is 6.17 Å². The van der Waals surface area contributed by atoms with Crippen LogP contribution in [-0.2, 0) is 4.79 Å². The van der Waals surface area contributed by atoms with Gasteiger partial charge in [0, 0.05) is 13.3 Å². The molecule has 1 amide bonds. The van der Waals surface area contributed by atoms with E-state index in [-0.39, 0.29) is 5.91 Å². The lowest BCUT2D eigenvalue weighted by Gasteiger charge is -2.38. The quantitative estimate of drug-likeness (QED) is 0.101. The predicted octanol–water partition coefficient (Wildman–Crippen LogP) is 7.58. The van der Waals surface area contributed by atoms with E-state index in [1.165, 1.54) is 109 Å². The molecule has 33 heavy (non-hydrogen) atoms. The van der Waals surface area contributed by atoms with Crippen molar-refractivity contribution in [2.24, 2.45) is 4.99 Å². The highest BCUT2D eigenvalue weighted by Crippen LogP contribution is 2.24. The van der Waals surface area contributed by atoms with Crippen molar-refractivity contribution in [3.63, 3.8) is 0 Å². The van der Waals surface area contributed by atoms with Crippen LogP contribution in [-0.4, -0.2) is 48.9 Å². The summed E-state index contributed by atoms with van der Waals surface area (Å²) in [5.41, 5.74) is 0. The fourth-order valence-electron chi connectivity index (χ4n) is 5.13. The van der Waals surface area contributed by atoms with Gasteiger partial charge in [0.15, 0.2) is 6.17 Å². The molecule has 0 aromatic rings. The van der Waals surface area contributed by atoms with Gasteiger partial charge in [0.1, 0.15) is 6.54 Å². The fourth-order valence-corrected chi connectivity index (χ4v) is 5.13. The van der Waals surface area contributed by atoms with Gasteiger partial charge in [-0.05, 0) is 32.6 Å². The number of likely N-dealkylation sites (N-methyl/N-ethyl adjacent to an activating group) is 1. The monoisotopic (exact) mass is 462 g/mol. The standard InChI is InChI=1S/C29H55N3O/c1-4-6-7-8-9-10-11-12-13-14-15-16-17-18-19-20-21-22-23-29-31-25-27-32(29,5-2)26-24-30-28(3)33/h6-7,25,29H,4-5,8-24,26-27H2,1-3H3/p+1/b7-6+. The molecule has 0 saturated heterocycles. The van der Waals surface area contributed by atoms with Crippen molar-refractivity contribution in [3.8, 4) is 0 Å². The second-order valence-electron chi connectivity index (χ2n) is 10.1. The highest BCUT2D eigenvalue weighted by Gasteiger charge is 2.37. The fraction of sp³-hybridized carbons (Fsp3) is 0.862. The van der Waals surface area contributed by atoms with Gasteiger partial charge in [-0.3, -0.25) is 9.28 Å². The van der Waals surface area contributed by atoms with Crippen LogP contribution in [0.25, 0.3) is 0 Å². The van der Waals surface area contributed by atoms with Crippen LogP contribution >= 0.6 is 0 Å². The molecular weight excluding hydrogens is 406 g/mol. The van der Waals surface area contributed by atoms with E-state index < -0.39 is 0 Å².